The summed E-state index contributed by atoms with van der Waals surface area (Å²) >= 11 is 0. The van der Waals surface area contributed by atoms with Crippen LogP contribution in [0.2, 0.25) is 0 Å². The summed E-state index contributed by atoms with van der Waals surface area (Å²) in [6.07, 6.45) is -2.41. The van der Waals surface area contributed by atoms with Crippen LogP contribution in [0.1, 0.15) is 30.4 Å². The summed E-state index contributed by atoms with van der Waals surface area (Å²) in [4.78, 5) is 21.8. The molecular weight excluding hydrogens is 495 g/mol. The van der Waals surface area contributed by atoms with Crippen molar-refractivity contribution in [2.24, 2.45) is 0 Å². The molecule has 11 heteroatoms. The fraction of sp³-hybridized carbons (Fsp3) is 0.462. The standard InChI is InChI=1S/C26H32F3NO7/c1-33-21-16-19(17-22(34-2)24(21)35-3)7-5-15-36-20-10-8-18(9-11-20)6-4-13-30-14-12-23(31)37-25(32)26(27,28)29/h8-11,16-17,30H,4-7,12-15H2,1-3H3. The highest BCUT2D eigenvalue weighted by Gasteiger charge is 2.42. The Kier molecular flexibility index (Phi) is 12.0. The third-order valence-electron chi connectivity index (χ3n) is 5.29. The number of benzene rings is 2. The third-order valence-corrected chi connectivity index (χ3v) is 5.29. The molecule has 0 fully saturated rings. The van der Waals surface area contributed by atoms with Crippen LogP contribution in [-0.2, 0) is 27.2 Å². The third kappa shape index (κ3) is 10.2. The highest BCUT2D eigenvalue weighted by Crippen LogP contribution is 2.38. The number of aryl methyl sites for hydroxylation is 2. The Labute approximate surface area is 214 Å². The number of esters is 2. The van der Waals surface area contributed by atoms with Gasteiger partial charge >= 0.3 is 18.1 Å². The summed E-state index contributed by atoms with van der Waals surface area (Å²) in [5.74, 6) is -1.16. The van der Waals surface area contributed by atoms with Gasteiger partial charge in [0.15, 0.2) is 11.5 Å². The molecule has 2 aromatic rings. The van der Waals surface area contributed by atoms with E-state index in [-0.39, 0.29) is 13.0 Å². The summed E-state index contributed by atoms with van der Waals surface area (Å²) < 4.78 is 61.8. The quantitative estimate of drug-likeness (QED) is 0.209. The molecule has 204 valence electrons. The van der Waals surface area contributed by atoms with Crippen LogP contribution in [0.5, 0.6) is 23.0 Å². The van der Waals surface area contributed by atoms with E-state index in [1.165, 1.54) is 0 Å². The minimum atomic E-state index is -5.18. The molecule has 0 saturated carbocycles. The van der Waals surface area contributed by atoms with E-state index >= 15 is 0 Å². The molecule has 0 aliphatic rings. The van der Waals surface area contributed by atoms with E-state index in [2.05, 4.69) is 10.1 Å². The maximum atomic E-state index is 12.0. The van der Waals surface area contributed by atoms with E-state index < -0.39 is 18.1 Å². The van der Waals surface area contributed by atoms with Gasteiger partial charge in [-0.05, 0) is 67.6 Å². The van der Waals surface area contributed by atoms with Crippen LogP contribution >= 0.6 is 0 Å². The number of alkyl halides is 3. The van der Waals surface area contributed by atoms with E-state index in [0.29, 0.717) is 30.4 Å². The van der Waals surface area contributed by atoms with Gasteiger partial charge in [-0.3, -0.25) is 4.79 Å². The van der Waals surface area contributed by atoms with Gasteiger partial charge in [0.1, 0.15) is 5.75 Å². The molecule has 37 heavy (non-hydrogen) atoms. The molecule has 0 bridgehead atoms. The average molecular weight is 528 g/mol. The second-order valence-corrected chi connectivity index (χ2v) is 7.99. The molecule has 8 nitrogen and oxygen atoms in total. The average Bonchev–Trinajstić information content (AvgIpc) is 2.88. The SMILES string of the molecule is COc1cc(CCCOc2ccc(CCCNCCC(=O)OC(=O)C(F)(F)F)cc2)cc(OC)c1OC. The van der Waals surface area contributed by atoms with Gasteiger partial charge < -0.3 is 29.0 Å². The van der Waals surface area contributed by atoms with Crippen LogP contribution in [-0.4, -0.2) is 59.1 Å². The molecule has 1 N–H and O–H groups in total. The maximum Gasteiger partial charge on any atom is 0.491 e. The second-order valence-electron chi connectivity index (χ2n) is 7.99. The van der Waals surface area contributed by atoms with Crippen molar-refractivity contribution in [3.05, 3.63) is 47.5 Å². The van der Waals surface area contributed by atoms with E-state index in [1.807, 2.05) is 36.4 Å². The maximum absolute atomic E-state index is 12.0. The van der Waals surface area contributed by atoms with Crippen LogP contribution in [0.15, 0.2) is 36.4 Å². The lowest BCUT2D eigenvalue weighted by atomic mass is 10.1. The smallest absolute Gasteiger partial charge is 0.491 e. The Morgan fingerprint density at radius 1 is 0.838 bits per heavy atom. The molecule has 0 aliphatic carbocycles. The highest BCUT2D eigenvalue weighted by atomic mass is 19.4. The van der Waals surface area contributed by atoms with Crippen LogP contribution in [0.3, 0.4) is 0 Å². The molecule has 0 unspecified atom stereocenters. The summed E-state index contributed by atoms with van der Waals surface area (Å²) in [6.45, 7) is 1.21. The van der Waals surface area contributed by atoms with Gasteiger partial charge in [-0.2, -0.15) is 13.2 Å². The Morgan fingerprint density at radius 3 is 2.03 bits per heavy atom. The van der Waals surface area contributed by atoms with Gasteiger partial charge in [0, 0.05) is 6.54 Å². The molecule has 0 aliphatic heterocycles. The van der Waals surface area contributed by atoms with Crippen molar-refractivity contribution in [2.75, 3.05) is 41.0 Å². The second kappa shape index (κ2) is 14.9. The molecular formula is C26H32F3NO7. The lowest BCUT2D eigenvalue weighted by Crippen LogP contribution is -2.29. The number of carbonyl (C=O) groups is 2. The predicted molar refractivity (Wildman–Crippen MR) is 129 cm³/mol. The fourth-order valence-electron chi connectivity index (χ4n) is 3.44. The summed E-state index contributed by atoms with van der Waals surface area (Å²) in [5, 5.41) is 2.94. The van der Waals surface area contributed by atoms with Crippen LogP contribution in [0, 0.1) is 0 Å². The minimum Gasteiger partial charge on any atom is -0.494 e. The number of hydrogen-bond donors (Lipinski definition) is 1. The minimum absolute atomic E-state index is 0.118. The zero-order chi connectivity index (χ0) is 27.3. The lowest BCUT2D eigenvalue weighted by Gasteiger charge is -2.14. The largest absolute Gasteiger partial charge is 0.494 e. The van der Waals surface area contributed by atoms with Gasteiger partial charge in [-0.1, -0.05) is 12.1 Å². The number of hydrogen-bond acceptors (Lipinski definition) is 8. The zero-order valence-electron chi connectivity index (χ0n) is 21.1. The molecule has 0 heterocycles. The van der Waals surface area contributed by atoms with Gasteiger partial charge in [0.25, 0.3) is 0 Å². The first kappa shape index (κ1) is 29.8. The Morgan fingerprint density at radius 2 is 1.46 bits per heavy atom. The van der Waals surface area contributed by atoms with Crippen molar-refractivity contribution in [3.63, 3.8) is 0 Å². The Bertz CT molecular complexity index is 985. The summed E-state index contributed by atoms with van der Waals surface area (Å²) in [7, 11) is 4.73. The molecule has 0 saturated heterocycles. The van der Waals surface area contributed by atoms with Crippen molar-refractivity contribution in [2.45, 2.75) is 38.3 Å². The van der Waals surface area contributed by atoms with Gasteiger partial charge in [0.05, 0.1) is 34.4 Å². The van der Waals surface area contributed by atoms with Crippen molar-refractivity contribution >= 4 is 11.9 Å². The first-order valence-electron chi connectivity index (χ1n) is 11.7. The van der Waals surface area contributed by atoms with E-state index in [9.17, 15) is 22.8 Å². The zero-order valence-corrected chi connectivity index (χ0v) is 21.1. The number of rotatable bonds is 15. The summed E-state index contributed by atoms with van der Waals surface area (Å²) in [6, 6.07) is 11.6. The molecule has 0 spiro atoms. The fourth-order valence-corrected chi connectivity index (χ4v) is 3.44. The van der Waals surface area contributed by atoms with Gasteiger partial charge in [-0.25, -0.2) is 4.79 Å². The van der Waals surface area contributed by atoms with Crippen molar-refractivity contribution in [3.8, 4) is 23.0 Å². The topological polar surface area (TPSA) is 92.3 Å². The van der Waals surface area contributed by atoms with Gasteiger partial charge in [-0.15, -0.1) is 0 Å². The number of ether oxygens (including phenoxy) is 5. The lowest BCUT2D eigenvalue weighted by molar-refractivity contribution is -0.201. The summed E-state index contributed by atoms with van der Waals surface area (Å²) in [5.41, 5.74) is 2.15. The number of nitrogens with one attached hydrogen (secondary N) is 1. The van der Waals surface area contributed by atoms with E-state index in [4.69, 9.17) is 18.9 Å². The molecule has 0 aromatic heterocycles. The van der Waals surface area contributed by atoms with Crippen LogP contribution in [0.4, 0.5) is 13.2 Å². The van der Waals surface area contributed by atoms with E-state index in [0.717, 1.165) is 42.6 Å². The van der Waals surface area contributed by atoms with Crippen LogP contribution < -0.4 is 24.3 Å². The molecule has 2 aromatic carbocycles. The molecule has 0 atom stereocenters. The first-order valence-corrected chi connectivity index (χ1v) is 11.7. The predicted octanol–water partition coefficient (Wildman–Crippen LogP) is 4.27. The normalized spacial score (nSPS) is 11.1. The molecule has 0 radical (unpaired) electrons. The Hall–Kier alpha value is -3.47. The van der Waals surface area contributed by atoms with Gasteiger partial charge in [0.2, 0.25) is 5.75 Å². The number of methoxy groups -OCH3 is 3. The number of carbonyl (C=O) groups excluding carboxylic acids is 2. The highest BCUT2D eigenvalue weighted by molar-refractivity contribution is 5.88. The first-order chi connectivity index (χ1) is 17.7. The number of halogens is 3. The molecule has 0 amide bonds. The van der Waals surface area contributed by atoms with Crippen molar-refractivity contribution in [1.82, 2.24) is 5.32 Å². The molecule has 2 rings (SSSR count). The van der Waals surface area contributed by atoms with Crippen molar-refractivity contribution in [1.29, 1.82) is 0 Å². The monoisotopic (exact) mass is 527 g/mol. The van der Waals surface area contributed by atoms with E-state index in [1.54, 1.807) is 21.3 Å². The van der Waals surface area contributed by atoms with Crippen molar-refractivity contribution < 1.29 is 46.4 Å². The Balaban J connectivity index is 1.63. The van der Waals surface area contributed by atoms with Crippen LogP contribution in [0.25, 0.3) is 0 Å².